The van der Waals surface area contributed by atoms with Gasteiger partial charge >= 0.3 is 6.09 Å². The molecule has 7 nitrogen and oxygen atoms in total. The molecule has 0 spiro atoms. The summed E-state index contributed by atoms with van der Waals surface area (Å²) >= 11 is 12.5. The zero-order chi connectivity index (χ0) is 27.2. The second kappa shape index (κ2) is 12.5. The van der Waals surface area contributed by atoms with Crippen LogP contribution in [-0.2, 0) is 0 Å². The third-order valence-electron chi connectivity index (χ3n) is 6.70. The highest BCUT2D eigenvalue weighted by atomic mass is 35.5. The number of primary amides is 1. The van der Waals surface area contributed by atoms with Crippen molar-refractivity contribution < 1.29 is 19.1 Å². The highest BCUT2D eigenvalue weighted by molar-refractivity contribution is 6.43. The smallest absolute Gasteiger partial charge is 0.411 e. The van der Waals surface area contributed by atoms with Crippen molar-refractivity contribution in [2.45, 2.75) is 12.8 Å². The summed E-state index contributed by atoms with van der Waals surface area (Å²) < 4.78 is 15.0. The fourth-order valence-electron chi connectivity index (χ4n) is 4.64. The number of nitrogens with two attached hydrogens (primary N) is 1. The molecule has 1 fully saturated rings. The van der Waals surface area contributed by atoms with Crippen molar-refractivity contribution in [1.82, 2.24) is 4.90 Å². The molecule has 200 valence electrons. The first-order valence-electron chi connectivity index (χ1n) is 12.4. The lowest BCUT2D eigenvalue weighted by atomic mass is 10.0. The van der Waals surface area contributed by atoms with Gasteiger partial charge in [-0.15, -0.1) is 0 Å². The van der Waals surface area contributed by atoms with Crippen molar-refractivity contribution in [2.24, 2.45) is 5.73 Å². The van der Waals surface area contributed by atoms with E-state index in [9.17, 15) is 19.1 Å². The van der Waals surface area contributed by atoms with E-state index in [0.29, 0.717) is 22.0 Å². The summed E-state index contributed by atoms with van der Waals surface area (Å²) in [5.41, 5.74) is 7.55. The monoisotopic (exact) mass is 558 g/mol. The third-order valence-corrected chi connectivity index (χ3v) is 7.51. The fraction of sp³-hybridized carbons (Fsp3) is 0.286. The molecule has 0 atom stereocenters. The van der Waals surface area contributed by atoms with Crippen LogP contribution in [0.4, 0.5) is 20.6 Å². The lowest BCUT2D eigenvalue weighted by Crippen LogP contribution is -2.46. The topological polar surface area (TPSA) is 90.1 Å². The summed E-state index contributed by atoms with van der Waals surface area (Å²) in [7, 11) is 0. The number of amides is 2. The van der Waals surface area contributed by atoms with E-state index >= 15 is 0 Å². The van der Waals surface area contributed by atoms with Crippen LogP contribution in [0.25, 0.3) is 11.1 Å². The molecule has 1 heterocycles. The normalized spacial score (nSPS) is 13.9. The van der Waals surface area contributed by atoms with Crippen molar-refractivity contribution in [3.63, 3.8) is 0 Å². The molecule has 0 bridgehead atoms. The van der Waals surface area contributed by atoms with E-state index in [4.69, 9.17) is 28.9 Å². The highest BCUT2D eigenvalue weighted by Crippen LogP contribution is 2.33. The molecule has 2 amide bonds. The van der Waals surface area contributed by atoms with E-state index in [1.165, 1.54) is 18.2 Å². The minimum absolute atomic E-state index is 0.253. The first kappa shape index (κ1) is 27.7. The number of nitrogens with zero attached hydrogens (tertiary/aromatic N) is 3. The van der Waals surface area contributed by atoms with Gasteiger partial charge in [0.05, 0.1) is 15.7 Å². The van der Waals surface area contributed by atoms with Crippen LogP contribution in [0, 0.1) is 5.82 Å². The molecule has 1 aliphatic rings. The maximum absolute atomic E-state index is 15.0. The first-order valence-corrected chi connectivity index (χ1v) is 13.1. The Kier molecular flexibility index (Phi) is 9.09. The lowest BCUT2D eigenvalue weighted by molar-refractivity contribution is 0.1000. The Balaban J connectivity index is 1.30. The van der Waals surface area contributed by atoms with Gasteiger partial charge in [0.2, 0.25) is 5.91 Å². The molecular formula is C28H29Cl2FN4O3. The zero-order valence-corrected chi connectivity index (χ0v) is 22.3. The number of benzene rings is 3. The molecule has 1 aliphatic heterocycles. The zero-order valence-electron chi connectivity index (χ0n) is 20.7. The van der Waals surface area contributed by atoms with Gasteiger partial charge in [0.15, 0.2) is 0 Å². The standard InChI is InChI=1S/C28H29Cl2FN4O3/c29-23-7-4-8-25(26(23)30)34-15-13-33(14-16-34)11-1-2-12-35(28(37)38)21-9-10-22(24(31)18-21)19-5-3-6-20(17-19)27(32)36/h3-10,17-18H,1-2,11-16H2,(H2,32,36)(H,37,38). The van der Waals surface area contributed by atoms with E-state index in [0.717, 1.165) is 49.7 Å². The van der Waals surface area contributed by atoms with Crippen LogP contribution >= 0.6 is 23.2 Å². The Morgan fingerprint density at radius 1 is 0.974 bits per heavy atom. The van der Waals surface area contributed by atoms with Gasteiger partial charge in [0.25, 0.3) is 0 Å². The summed E-state index contributed by atoms with van der Waals surface area (Å²) in [4.78, 5) is 29.1. The third kappa shape index (κ3) is 6.56. The van der Waals surface area contributed by atoms with Crippen LogP contribution in [0.15, 0.2) is 60.7 Å². The second-order valence-corrected chi connectivity index (χ2v) is 9.94. The van der Waals surface area contributed by atoms with Crippen molar-refractivity contribution in [2.75, 3.05) is 49.1 Å². The van der Waals surface area contributed by atoms with Crippen molar-refractivity contribution in [1.29, 1.82) is 0 Å². The number of carbonyl (C=O) groups is 2. The molecule has 1 saturated heterocycles. The van der Waals surface area contributed by atoms with Gasteiger partial charge in [0.1, 0.15) is 5.82 Å². The Labute approximate surface area is 231 Å². The van der Waals surface area contributed by atoms with Crippen molar-refractivity contribution in [3.05, 3.63) is 82.1 Å². The largest absolute Gasteiger partial charge is 0.465 e. The SMILES string of the molecule is NC(=O)c1cccc(-c2ccc(N(CCCCN3CCN(c4cccc(Cl)c4Cl)CC3)C(=O)O)cc2F)c1. The fourth-order valence-corrected chi connectivity index (χ4v) is 5.05. The number of rotatable bonds is 9. The quantitative estimate of drug-likeness (QED) is 0.315. The summed E-state index contributed by atoms with van der Waals surface area (Å²) in [6, 6.07) is 16.3. The molecule has 3 aromatic carbocycles. The second-order valence-electron chi connectivity index (χ2n) is 9.15. The van der Waals surface area contributed by atoms with E-state index < -0.39 is 17.8 Å². The Morgan fingerprint density at radius 3 is 2.39 bits per heavy atom. The molecular weight excluding hydrogens is 530 g/mol. The van der Waals surface area contributed by atoms with Gasteiger partial charge in [-0.25, -0.2) is 9.18 Å². The van der Waals surface area contributed by atoms with Crippen LogP contribution in [0.3, 0.4) is 0 Å². The summed E-state index contributed by atoms with van der Waals surface area (Å²) in [6.45, 7) is 4.49. The van der Waals surface area contributed by atoms with E-state index in [2.05, 4.69) is 9.80 Å². The molecule has 0 aliphatic carbocycles. The van der Waals surface area contributed by atoms with E-state index in [1.54, 1.807) is 30.3 Å². The van der Waals surface area contributed by atoms with Gasteiger partial charge in [-0.05, 0) is 67.4 Å². The Bertz CT molecular complexity index is 1320. The van der Waals surface area contributed by atoms with Crippen molar-refractivity contribution >= 4 is 46.6 Å². The molecule has 0 radical (unpaired) electrons. The van der Waals surface area contributed by atoms with Crippen LogP contribution < -0.4 is 15.5 Å². The Morgan fingerprint density at radius 2 is 1.71 bits per heavy atom. The predicted molar refractivity (Wildman–Crippen MR) is 150 cm³/mol. The summed E-state index contributed by atoms with van der Waals surface area (Å²) in [5, 5.41) is 10.9. The number of carbonyl (C=O) groups excluding carboxylic acids is 1. The number of piperazine rings is 1. The van der Waals surface area contributed by atoms with Crippen LogP contribution in [0.2, 0.25) is 10.0 Å². The highest BCUT2D eigenvalue weighted by Gasteiger charge is 2.21. The van der Waals surface area contributed by atoms with Gasteiger partial charge in [0, 0.05) is 49.5 Å². The molecule has 0 aromatic heterocycles. The minimum Gasteiger partial charge on any atom is -0.465 e. The first-order chi connectivity index (χ1) is 18.2. The molecule has 10 heteroatoms. The number of halogens is 3. The van der Waals surface area contributed by atoms with Gasteiger partial charge in [-0.2, -0.15) is 0 Å². The van der Waals surface area contributed by atoms with Crippen molar-refractivity contribution in [3.8, 4) is 11.1 Å². The molecule has 38 heavy (non-hydrogen) atoms. The summed E-state index contributed by atoms with van der Waals surface area (Å²) in [5.74, 6) is -1.18. The maximum atomic E-state index is 15.0. The average molecular weight is 559 g/mol. The van der Waals surface area contributed by atoms with Gasteiger partial charge in [-0.1, -0.05) is 41.4 Å². The van der Waals surface area contributed by atoms with E-state index in [-0.39, 0.29) is 23.4 Å². The molecule has 3 aromatic rings. The average Bonchev–Trinajstić information content (AvgIpc) is 2.90. The number of unbranched alkanes of at least 4 members (excludes halogenated alkanes) is 1. The Hall–Kier alpha value is -3.33. The number of hydrogen-bond donors (Lipinski definition) is 2. The predicted octanol–water partition coefficient (Wildman–Crippen LogP) is 5.99. The molecule has 0 saturated carbocycles. The lowest BCUT2D eigenvalue weighted by Gasteiger charge is -2.36. The number of anilines is 2. The number of carboxylic acid groups (broad SMARTS) is 1. The number of hydrogen-bond acceptors (Lipinski definition) is 4. The maximum Gasteiger partial charge on any atom is 0.411 e. The van der Waals surface area contributed by atoms with Crippen LogP contribution in [0.5, 0.6) is 0 Å². The van der Waals surface area contributed by atoms with Gasteiger partial charge < -0.3 is 15.7 Å². The van der Waals surface area contributed by atoms with E-state index in [1.807, 2.05) is 12.1 Å². The minimum atomic E-state index is -1.14. The van der Waals surface area contributed by atoms with Gasteiger partial charge in [-0.3, -0.25) is 14.6 Å². The summed E-state index contributed by atoms with van der Waals surface area (Å²) in [6.07, 6.45) is 0.304. The van der Waals surface area contributed by atoms with Crippen LogP contribution in [-0.4, -0.2) is 61.3 Å². The molecule has 0 unspecified atom stereocenters. The molecule has 3 N–H and O–H groups in total. The van der Waals surface area contributed by atoms with Crippen LogP contribution in [0.1, 0.15) is 23.2 Å². The molecule has 4 rings (SSSR count).